The monoisotopic (exact) mass is 379 g/mol. The fourth-order valence-electron chi connectivity index (χ4n) is 3.77. The highest BCUT2D eigenvalue weighted by atomic mass is 32.1. The van der Waals surface area contributed by atoms with Crippen molar-refractivity contribution in [1.82, 2.24) is 4.98 Å². The number of aryl methyl sites for hydroxylation is 1. The van der Waals surface area contributed by atoms with E-state index in [9.17, 15) is 9.59 Å². The van der Waals surface area contributed by atoms with Crippen LogP contribution in [-0.2, 0) is 23.8 Å². The Kier molecular flexibility index (Phi) is 5.77. The smallest absolute Gasteiger partial charge is 0.334 e. The van der Waals surface area contributed by atoms with Gasteiger partial charge in [-0.15, -0.1) is 11.3 Å². The van der Waals surface area contributed by atoms with Crippen LogP contribution in [0.5, 0.6) is 0 Å². The van der Waals surface area contributed by atoms with Crippen molar-refractivity contribution in [3.8, 4) is 0 Å². The molecular weight excluding hydrogens is 354 g/mol. The maximum atomic E-state index is 13.0. The fourth-order valence-corrected chi connectivity index (χ4v) is 4.58. The van der Waals surface area contributed by atoms with Gasteiger partial charge in [0.05, 0.1) is 31.0 Å². The summed E-state index contributed by atoms with van der Waals surface area (Å²) in [5, 5.41) is 2.65. The number of Topliss-reactive ketones (excluding diaryl/α,β-unsaturated/α-hetero) is 1. The van der Waals surface area contributed by atoms with Crippen molar-refractivity contribution in [2.75, 3.05) is 7.11 Å². The molecule has 142 valence electrons. The van der Waals surface area contributed by atoms with E-state index in [1.54, 1.807) is 13.2 Å². The topological polar surface area (TPSA) is 74.7 Å². The molecule has 1 aromatic heterocycles. The lowest BCUT2D eigenvalue weighted by Gasteiger charge is -2.42. The number of allylic oxidation sites excluding steroid dienone is 1. The number of carbonyl (C=O) groups excluding carboxylic acids is 2. The van der Waals surface area contributed by atoms with Crippen LogP contribution in [0.1, 0.15) is 43.8 Å². The number of methoxy groups -OCH3 is 1. The fraction of sp³-hybridized carbons (Fsp3) is 0.632. The van der Waals surface area contributed by atoms with Crippen LogP contribution < -0.4 is 0 Å². The van der Waals surface area contributed by atoms with Gasteiger partial charge in [0.1, 0.15) is 11.1 Å². The third kappa shape index (κ3) is 3.69. The minimum atomic E-state index is -0.626. The zero-order valence-corrected chi connectivity index (χ0v) is 16.4. The number of aromatic nitrogens is 1. The molecule has 1 saturated carbocycles. The molecule has 1 fully saturated rings. The number of ether oxygens (including phenoxy) is 3. The van der Waals surface area contributed by atoms with Gasteiger partial charge in [0.2, 0.25) is 0 Å². The molecule has 26 heavy (non-hydrogen) atoms. The summed E-state index contributed by atoms with van der Waals surface area (Å²) >= 11 is 1.46. The quantitative estimate of drug-likeness (QED) is 0.732. The summed E-state index contributed by atoms with van der Waals surface area (Å²) in [6.07, 6.45) is 2.75. The number of esters is 1. The maximum Gasteiger partial charge on any atom is 0.334 e. The average molecular weight is 379 g/mol. The summed E-state index contributed by atoms with van der Waals surface area (Å²) in [5.41, 5.74) is 1.47. The number of thiazole rings is 1. The van der Waals surface area contributed by atoms with E-state index in [1.807, 2.05) is 12.3 Å². The van der Waals surface area contributed by atoms with Crippen LogP contribution in [0.3, 0.4) is 0 Å². The van der Waals surface area contributed by atoms with Gasteiger partial charge in [-0.1, -0.05) is 13.3 Å². The van der Waals surface area contributed by atoms with Crippen molar-refractivity contribution < 1.29 is 23.8 Å². The first-order chi connectivity index (χ1) is 12.4. The molecule has 0 saturated heterocycles. The Morgan fingerprint density at radius 3 is 2.85 bits per heavy atom. The summed E-state index contributed by atoms with van der Waals surface area (Å²) in [6, 6.07) is 0. The summed E-state index contributed by atoms with van der Waals surface area (Å²) in [5.74, 6) is -0.261. The van der Waals surface area contributed by atoms with Crippen molar-refractivity contribution in [2.24, 2.45) is 11.8 Å². The molecule has 2 heterocycles. The highest BCUT2D eigenvalue weighted by Gasteiger charge is 2.45. The lowest BCUT2D eigenvalue weighted by atomic mass is 9.72. The Morgan fingerprint density at radius 1 is 1.46 bits per heavy atom. The van der Waals surface area contributed by atoms with Crippen molar-refractivity contribution in [3.05, 3.63) is 22.3 Å². The van der Waals surface area contributed by atoms with Crippen molar-refractivity contribution >= 4 is 28.7 Å². The zero-order chi connectivity index (χ0) is 18.8. The van der Waals surface area contributed by atoms with Gasteiger partial charge in [0.15, 0.2) is 11.9 Å². The lowest BCUT2D eigenvalue weighted by molar-refractivity contribution is -0.165. The summed E-state index contributed by atoms with van der Waals surface area (Å²) in [4.78, 5) is 29.1. The standard InChI is InChI=1S/C19H25NO5S/c1-5-12-6-13-16(7-15(12)25-11(3)19(22)23-4)24-8-14(17(13)21)18-20-10(2)9-26-18/h8-9,11-13,15-16H,5-7H2,1-4H3. The van der Waals surface area contributed by atoms with Gasteiger partial charge < -0.3 is 14.2 Å². The molecule has 1 aliphatic heterocycles. The Morgan fingerprint density at radius 2 is 2.23 bits per heavy atom. The van der Waals surface area contributed by atoms with Crippen LogP contribution in [-0.4, -0.2) is 42.2 Å². The molecular formula is C19H25NO5S. The van der Waals surface area contributed by atoms with E-state index in [0.717, 1.165) is 17.1 Å². The van der Waals surface area contributed by atoms with E-state index in [0.29, 0.717) is 18.4 Å². The number of ketones is 1. The zero-order valence-electron chi connectivity index (χ0n) is 15.6. The summed E-state index contributed by atoms with van der Waals surface area (Å²) < 4.78 is 16.6. The molecule has 0 aromatic carbocycles. The van der Waals surface area contributed by atoms with Gasteiger partial charge in [0, 0.05) is 17.5 Å². The molecule has 1 aromatic rings. The maximum absolute atomic E-state index is 13.0. The predicted molar refractivity (Wildman–Crippen MR) is 97.6 cm³/mol. The molecule has 1 aliphatic carbocycles. The molecule has 2 aliphatic rings. The second-order valence-corrected chi connectivity index (χ2v) is 7.81. The molecule has 0 spiro atoms. The number of carbonyl (C=O) groups is 2. The summed E-state index contributed by atoms with van der Waals surface area (Å²) in [7, 11) is 1.35. The minimum absolute atomic E-state index is 0.105. The van der Waals surface area contributed by atoms with E-state index >= 15 is 0 Å². The predicted octanol–water partition coefficient (Wildman–Crippen LogP) is 3.14. The van der Waals surface area contributed by atoms with E-state index in [-0.39, 0.29) is 35.8 Å². The SMILES string of the molecule is CCC1CC2C(=O)C(c3nc(C)cs3)=COC2CC1OC(C)C(=O)OC. The largest absolute Gasteiger partial charge is 0.496 e. The Hall–Kier alpha value is -1.73. The average Bonchev–Trinajstić information content (AvgIpc) is 3.06. The van der Waals surface area contributed by atoms with E-state index in [2.05, 4.69) is 11.9 Å². The number of nitrogens with zero attached hydrogens (tertiary/aromatic N) is 1. The molecule has 6 nitrogen and oxygen atoms in total. The van der Waals surface area contributed by atoms with Crippen LogP contribution in [0.15, 0.2) is 11.6 Å². The molecule has 5 atom stereocenters. The Labute approximate surface area is 157 Å². The van der Waals surface area contributed by atoms with Gasteiger partial charge in [-0.25, -0.2) is 9.78 Å². The van der Waals surface area contributed by atoms with Crippen molar-refractivity contribution in [1.29, 1.82) is 0 Å². The number of rotatable bonds is 5. The lowest BCUT2D eigenvalue weighted by Crippen LogP contribution is -2.47. The van der Waals surface area contributed by atoms with Gasteiger partial charge in [-0.3, -0.25) is 4.79 Å². The highest BCUT2D eigenvalue weighted by Crippen LogP contribution is 2.41. The second kappa shape index (κ2) is 7.88. The van der Waals surface area contributed by atoms with Gasteiger partial charge in [-0.05, 0) is 26.2 Å². The van der Waals surface area contributed by atoms with Gasteiger partial charge in [0.25, 0.3) is 0 Å². The third-order valence-electron chi connectivity index (χ3n) is 5.24. The normalized spacial score (nSPS) is 29.4. The molecule has 0 bridgehead atoms. The molecule has 0 amide bonds. The number of hydrogen-bond acceptors (Lipinski definition) is 7. The van der Waals surface area contributed by atoms with Crippen LogP contribution in [0, 0.1) is 18.8 Å². The Balaban J connectivity index is 1.75. The first kappa shape index (κ1) is 19.0. The van der Waals surface area contributed by atoms with Crippen molar-refractivity contribution in [3.63, 3.8) is 0 Å². The van der Waals surface area contributed by atoms with Gasteiger partial charge >= 0.3 is 5.97 Å². The molecule has 0 radical (unpaired) electrons. The van der Waals surface area contributed by atoms with Crippen LogP contribution in [0.2, 0.25) is 0 Å². The van der Waals surface area contributed by atoms with Gasteiger partial charge in [-0.2, -0.15) is 0 Å². The van der Waals surface area contributed by atoms with Crippen LogP contribution >= 0.6 is 11.3 Å². The van der Waals surface area contributed by atoms with Crippen LogP contribution in [0.4, 0.5) is 0 Å². The third-order valence-corrected chi connectivity index (χ3v) is 6.24. The second-order valence-electron chi connectivity index (χ2n) is 6.95. The highest BCUT2D eigenvalue weighted by molar-refractivity contribution is 7.11. The number of hydrogen-bond donors (Lipinski definition) is 0. The van der Waals surface area contributed by atoms with Crippen LogP contribution in [0.25, 0.3) is 5.57 Å². The first-order valence-corrected chi connectivity index (χ1v) is 9.88. The molecule has 0 N–H and O–H groups in total. The van der Waals surface area contributed by atoms with E-state index in [4.69, 9.17) is 14.2 Å². The van der Waals surface area contributed by atoms with E-state index in [1.165, 1.54) is 18.4 Å². The molecule has 7 heteroatoms. The molecule has 3 rings (SSSR count). The number of fused-ring (bicyclic) bond motifs is 1. The summed E-state index contributed by atoms with van der Waals surface area (Å²) in [6.45, 7) is 5.69. The first-order valence-electron chi connectivity index (χ1n) is 9.00. The van der Waals surface area contributed by atoms with E-state index < -0.39 is 6.10 Å². The molecule has 5 unspecified atom stereocenters. The van der Waals surface area contributed by atoms with Crippen molar-refractivity contribution in [2.45, 2.75) is 58.3 Å². The minimum Gasteiger partial charge on any atom is -0.496 e. The Bertz CT molecular complexity index is 713.